The average Bonchev–Trinajstić information content (AvgIpc) is 1.96. The van der Waals surface area contributed by atoms with E-state index in [-0.39, 0.29) is 10.9 Å². The molecule has 0 bridgehead atoms. The van der Waals surface area contributed by atoms with Gasteiger partial charge in [0.25, 0.3) is 0 Å². The zero-order chi connectivity index (χ0) is 9.30. The molecule has 0 heterocycles. The molecule has 0 nitrogen and oxygen atoms in total. The van der Waals surface area contributed by atoms with Crippen molar-refractivity contribution in [2.75, 3.05) is 0 Å². The second kappa shape index (κ2) is 3.40. The summed E-state index contributed by atoms with van der Waals surface area (Å²) < 4.78 is 25.9. The Balaban J connectivity index is 3.23. The van der Waals surface area contributed by atoms with Crippen molar-refractivity contribution < 1.29 is 8.78 Å². The minimum Gasteiger partial charge on any atom is -0.207 e. The van der Waals surface area contributed by atoms with Gasteiger partial charge in [-0.2, -0.15) is 0 Å². The molecule has 66 valence electrons. The largest absolute Gasteiger partial charge is 0.207 e. The minimum absolute atomic E-state index is 0.0308. The molecule has 0 amide bonds. The first-order valence-electron chi connectivity index (χ1n) is 3.67. The van der Waals surface area contributed by atoms with Crippen LogP contribution in [0.4, 0.5) is 8.78 Å². The van der Waals surface area contributed by atoms with Crippen LogP contribution in [-0.2, 0) is 0 Å². The standard InChI is InChI=1S/C9H9ClF2/c1-5(2)6-3-9(12)7(10)4-8(6)11/h3-5H,1-2H3. The van der Waals surface area contributed by atoms with Crippen molar-refractivity contribution in [2.45, 2.75) is 19.8 Å². The van der Waals surface area contributed by atoms with E-state index in [2.05, 4.69) is 0 Å². The quantitative estimate of drug-likeness (QED) is 0.592. The lowest BCUT2D eigenvalue weighted by Gasteiger charge is -2.07. The fourth-order valence-electron chi connectivity index (χ4n) is 0.980. The smallest absolute Gasteiger partial charge is 0.142 e. The van der Waals surface area contributed by atoms with Crippen molar-refractivity contribution in [3.8, 4) is 0 Å². The Morgan fingerprint density at radius 3 is 2.25 bits per heavy atom. The highest BCUT2D eigenvalue weighted by atomic mass is 35.5. The van der Waals surface area contributed by atoms with Crippen molar-refractivity contribution in [2.24, 2.45) is 0 Å². The Morgan fingerprint density at radius 1 is 1.17 bits per heavy atom. The van der Waals surface area contributed by atoms with Gasteiger partial charge in [-0.25, -0.2) is 8.78 Å². The van der Waals surface area contributed by atoms with Crippen LogP contribution in [0, 0.1) is 11.6 Å². The predicted molar refractivity (Wildman–Crippen MR) is 45.5 cm³/mol. The molecule has 1 aromatic carbocycles. The molecule has 0 aliphatic heterocycles. The van der Waals surface area contributed by atoms with E-state index in [1.165, 1.54) is 0 Å². The third kappa shape index (κ3) is 1.75. The Hall–Kier alpha value is -0.630. The molecular formula is C9H9ClF2. The number of hydrogen-bond acceptors (Lipinski definition) is 0. The Bertz CT molecular complexity index is 295. The monoisotopic (exact) mass is 190 g/mol. The summed E-state index contributed by atoms with van der Waals surface area (Å²) in [5.74, 6) is -1.05. The van der Waals surface area contributed by atoms with Crippen molar-refractivity contribution in [3.05, 3.63) is 34.4 Å². The maximum absolute atomic E-state index is 13.0. The zero-order valence-electron chi connectivity index (χ0n) is 6.87. The van der Waals surface area contributed by atoms with Gasteiger partial charge in [0, 0.05) is 0 Å². The first-order valence-corrected chi connectivity index (χ1v) is 4.04. The number of halogens is 3. The third-order valence-electron chi connectivity index (χ3n) is 1.66. The number of rotatable bonds is 1. The Kier molecular flexibility index (Phi) is 2.68. The summed E-state index contributed by atoms with van der Waals surface area (Å²) in [6, 6.07) is 2.15. The topological polar surface area (TPSA) is 0 Å². The lowest BCUT2D eigenvalue weighted by molar-refractivity contribution is 0.576. The third-order valence-corrected chi connectivity index (χ3v) is 1.95. The normalized spacial score (nSPS) is 10.8. The second-order valence-corrected chi connectivity index (χ2v) is 3.35. The molecule has 12 heavy (non-hydrogen) atoms. The van der Waals surface area contributed by atoms with E-state index in [1.807, 2.05) is 0 Å². The van der Waals surface area contributed by atoms with Gasteiger partial charge in [0.15, 0.2) is 0 Å². The molecule has 0 aliphatic carbocycles. The molecule has 1 rings (SSSR count). The van der Waals surface area contributed by atoms with Crippen LogP contribution in [0.1, 0.15) is 25.3 Å². The van der Waals surface area contributed by atoms with Gasteiger partial charge in [-0.3, -0.25) is 0 Å². The highest BCUT2D eigenvalue weighted by Crippen LogP contribution is 2.24. The van der Waals surface area contributed by atoms with Crippen LogP contribution in [0.3, 0.4) is 0 Å². The van der Waals surface area contributed by atoms with Gasteiger partial charge in [0.1, 0.15) is 11.6 Å². The summed E-state index contributed by atoms with van der Waals surface area (Å²) in [7, 11) is 0. The van der Waals surface area contributed by atoms with Crippen LogP contribution in [0.15, 0.2) is 12.1 Å². The average molecular weight is 191 g/mol. The molecular weight excluding hydrogens is 182 g/mol. The number of benzene rings is 1. The van der Waals surface area contributed by atoms with E-state index in [1.54, 1.807) is 13.8 Å². The van der Waals surface area contributed by atoms with E-state index in [9.17, 15) is 8.78 Å². The molecule has 0 saturated heterocycles. The van der Waals surface area contributed by atoms with Crippen LogP contribution in [0.5, 0.6) is 0 Å². The van der Waals surface area contributed by atoms with Gasteiger partial charge in [0.2, 0.25) is 0 Å². The van der Waals surface area contributed by atoms with Gasteiger partial charge >= 0.3 is 0 Å². The zero-order valence-corrected chi connectivity index (χ0v) is 7.62. The van der Waals surface area contributed by atoms with Crippen molar-refractivity contribution in [1.29, 1.82) is 0 Å². The molecule has 3 heteroatoms. The fourth-order valence-corrected chi connectivity index (χ4v) is 1.13. The summed E-state index contributed by atoms with van der Waals surface area (Å²) in [4.78, 5) is 0. The summed E-state index contributed by atoms with van der Waals surface area (Å²) in [5, 5.41) is -0.170. The fraction of sp³-hybridized carbons (Fsp3) is 0.333. The lowest BCUT2D eigenvalue weighted by atomic mass is 10.0. The van der Waals surface area contributed by atoms with E-state index >= 15 is 0 Å². The van der Waals surface area contributed by atoms with Gasteiger partial charge in [-0.1, -0.05) is 25.4 Å². The maximum Gasteiger partial charge on any atom is 0.142 e. The second-order valence-electron chi connectivity index (χ2n) is 2.94. The van der Waals surface area contributed by atoms with Gasteiger partial charge in [-0.15, -0.1) is 0 Å². The first-order chi connectivity index (χ1) is 5.52. The van der Waals surface area contributed by atoms with E-state index < -0.39 is 11.6 Å². The molecule has 0 atom stereocenters. The molecule has 0 aromatic heterocycles. The highest BCUT2D eigenvalue weighted by molar-refractivity contribution is 6.30. The van der Waals surface area contributed by atoms with Crippen LogP contribution >= 0.6 is 11.6 Å². The predicted octanol–water partition coefficient (Wildman–Crippen LogP) is 3.74. The first kappa shape index (κ1) is 9.46. The molecule has 0 N–H and O–H groups in total. The molecule has 0 unspecified atom stereocenters. The van der Waals surface area contributed by atoms with Gasteiger partial charge in [-0.05, 0) is 23.6 Å². The van der Waals surface area contributed by atoms with Crippen LogP contribution in [0.2, 0.25) is 5.02 Å². The molecule has 1 aromatic rings. The van der Waals surface area contributed by atoms with Crippen LogP contribution < -0.4 is 0 Å². The van der Waals surface area contributed by atoms with Crippen molar-refractivity contribution >= 4 is 11.6 Å². The molecule has 0 spiro atoms. The van der Waals surface area contributed by atoms with Crippen molar-refractivity contribution in [1.82, 2.24) is 0 Å². The van der Waals surface area contributed by atoms with E-state index in [0.717, 1.165) is 12.1 Å². The van der Waals surface area contributed by atoms with Crippen LogP contribution in [0.25, 0.3) is 0 Å². The summed E-state index contributed by atoms with van der Waals surface area (Å²) in [6.07, 6.45) is 0. The van der Waals surface area contributed by atoms with E-state index in [4.69, 9.17) is 11.6 Å². The summed E-state index contributed by atoms with van der Waals surface area (Å²) in [6.45, 7) is 3.59. The van der Waals surface area contributed by atoms with Crippen molar-refractivity contribution in [3.63, 3.8) is 0 Å². The lowest BCUT2D eigenvalue weighted by Crippen LogP contribution is -1.94. The minimum atomic E-state index is -0.568. The highest BCUT2D eigenvalue weighted by Gasteiger charge is 2.10. The molecule has 0 fully saturated rings. The summed E-state index contributed by atoms with van der Waals surface area (Å²) >= 11 is 5.38. The Morgan fingerprint density at radius 2 is 1.75 bits per heavy atom. The maximum atomic E-state index is 13.0. The SMILES string of the molecule is CC(C)c1cc(F)c(Cl)cc1F. The number of hydrogen-bond donors (Lipinski definition) is 0. The molecule has 0 aliphatic rings. The van der Waals surface area contributed by atoms with Crippen LogP contribution in [-0.4, -0.2) is 0 Å². The van der Waals surface area contributed by atoms with Gasteiger partial charge < -0.3 is 0 Å². The molecule has 0 radical (unpaired) electrons. The summed E-state index contributed by atoms with van der Waals surface area (Å²) in [5.41, 5.74) is 0.358. The van der Waals surface area contributed by atoms with E-state index in [0.29, 0.717) is 5.56 Å². The Labute approximate surface area is 75.2 Å². The van der Waals surface area contributed by atoms with Gasteiger partial charge in [0.05, 0.1) is 5.02 Å². The molecule has 0 saturated carbocycles.